The van der Waals surface area contributed by atoms with Gasteiger partial charge in [0.1, 0.15) is 7.85 Å². The smallest absolute Gasteiger partial charge is 0.303 e. The predicted octanol–water partition coefficient (Wildman–Crippen LogP) is -1.03. The molecule has 9 heavy (non-hydrogen) atoms. The minimum Gasteiger partial charge on any atom is -0.482 e. The van der Waals surface area contributed by atoms with Crippen molar-refractivity contribution < 1.29 is 19.8 Å². The van der Waals surface area contributed by atoms with Crippen LogP contribution in [-0.4, -0.2) is 30.0 Å². The molecule has 0 rings (SSSR count). The van der Waals surface area contributed by atoms with Gasteiger partial charge in [-0.25, -0.2) is 0 Å². The van der Waals surface area contributed by atoms with Gasteiger partial charge in [0.15, 0.2) is 0 Å². The fourth-order valence-electron chi connectivity index (χ4n) is 0.349. The Kier molecular flexibility index (Phi) is 2.77. The second kappa shape index (κ2) is 3.12. The van der Waals surface area contributed by atoms with E-state index in [0.29, 0.717) is 0 Å². The van der Waals surface area contributed by atoms with Crippen LogP contribution < -0.4 is 0 Å². The Morgan fingerprint density at radius 3 is 2.00 bits per heavy atom. The first-order chi connectivity index (χ1) is 4.04. The summed E-state index contributed by atoms with van der Waals surface area (Å²) in [5.41, 5.74) is 0. The van der Waals surface area contributed by atoms with Crippen molar-refractivity contribution in [1.82, 2.24) is 0 Å². The van der Waals surface area contributed by atoms with E-state index >= 15 is 0 Å². The largest absolute Gasteiger partial charge is 0.482 e. The third kappa shape index (κ3) is 3.58. The van der Waals surface area contributed by atoms with Crippen LogP contribution in [0.25, 0.3) is 0 Å². The van der Waals surface area contributed by atoms with Crippen molar-refractivity contribution in [3.63, 3.8) is 0 Å². The lowest BCUT2D eigenvalue weighted by Crippen LogP contribution is -2.11. The van der Waals surface area contributed by atoms with Crippen molar-refractivity contribution in [3.05, 3.63) is 0 Å². The van der Waals surface area contributed by atoms with Gasteiger partial charge in [-0.15, -0.1) is 0 Å². The molecule has 50 valence electrons. The molecular weight excluding hydrogens is 123 g/mol. The van der Waals surface area contributed by atoms with Crippen LogP contribution in [0, 0.1) is 0 Å². The van der Waals surface area contributed by atoms with Crippen LogP contribution in [-0.2, 0) is 9.59 Å². The van der Waals surface area contributed by atoms with E-state index < -0.39 is 17.8 Å². The van der Waals surface area contributed by atoms with Crippen LogP contribution in [0.3, 0.4) is 0 Å². The van der Waals surface area contributed by atoms with Gasteiger partial charge in [0, 0.05) is 5.82 Å². The molecule has 1 atom stereocenters. The molecule has 0 aliphatic rings. The highest BCUT2D eigenvalue weighted by Gasteiger charge is 2.13. The van der Waals surface area contributed by atoms with E-state index in [0.717, 1.165) is 0 Å². The van der Waals surface area contributed by atoms with Gasteiger partial charge in [0.05, 0.1) is 6.42 Å². The van der Waals surface area contributed by atoms with Crippen LogP contribution >= 0.6 is 0 Å². The number of rotatable bonds is 3. The van der Waals surface area contributed by atoms with E-state index in [2.05, 4.69) is 0 Å². The van der Waals surface area contributed by atoms with Gasteiger partial charge in [-0.3, -0.25) is 9.59 Å². The maximum absolute atomic E-state index is 9.97. The zero-order valence-corrected chi connectivity index (χ0v) is 5.00. The minimum atomic E-state index is -1.08. The number of carbonyl (C=O) groups is 2. The highest BCUT2D eigenvalue weighted by molar-refractivity contribution is 6.23. The Balaban J connectivity index is 3.63. The second-order valence-electron chi connectivity index (χ2n) is 1.84. The molecule has 0 fully saturated rings. The molecule has 0 aromatic carbocycles. The summed E-state index contributed by atoms with van der Waals surface area (Å²) in [4.78, 5) is 19.8. The average molecular weight is 130 g/mol. The lowest BCUT2D eigenvalue weighted by Gasteiger charge is -1.98. The van der Waals surface area contributed by atoms with Gasteiger partial charge in [0.25, 0.3) is 5.97 Å². The Morgan fingerprint density at radius 1 is 1.44 bits per heavy atom. The third-order valence-electron chi connectivity index (χ3n) is 0.902. The van der Waals surface area contributed by atoms with E-state index in [4.69, 9.17) is 10.2 Å². The van der Waals surface area contributed by atoms with Crippen LogP contribution in [0.1, 0.15) is 6.42 Å². The Bertz CT molecular complexity index is 133. The molecule has 0 amide bonds. The topological polar surface area (TPSA) is 74.6 Å². The molecule has 0 spiro atoms. The molecule has 2 N–H and O–H groups in total. The Hall–Kier alpha value is -0.995. The first-order valence-corrected chi connectivity index (χ1v) is 2.48. The summed E-state index contributed by atoms with van der Waals surface area (Å²) in [7, 11) is 1.36. The number of aliphatic carboxylic acids is 2. The van der Waals surface area contributed by atoms with Crippen molar-refractivity contribution in [1.29, 1.82) is 0 Å². The molecule has 0 radical (unpaired) electrons. The SMILES string of the molecule is BC(CC(=O)O)C(=O)O. The van der Waals surface area contributed by atoms with Gasteiger partial charge < -0.3 is 10.2 Å². The summed E-state index contributed by atoms with van der Waals surface area (Å²) >= 11 is 0. The summed E-state index contributed by atoms with van der Waals surface area (Å²) in [5.74, 6) is -2.94. The zero-order chi connectivity index (χ0) is 7.44. The van der Waals surface area contributed by atoms with E-state index in [-0.39, 0.29) is 6.42 Å². The fraction of sp³-hybridized carbons (Fsp3) is 0.500. The molecule has 0 saturated heterocycles. The fourth-order valence-corrected chi connectivity index (χ4v) is 0.349. The number of carboxylic acids is 2. The number of carboxylic acid groups (broad SMARTS) is 2. The molecule has 0 aromatic heterocycles. The normalized spacial score (nSPS) is 12.4. The van der Waals surface area contributed by atoms with Crippen LogP contribution in [0.2, 0.25) is 5.82 Å². The van der Waals surface area contributed by atoms with Crippen LogP contribution in [0.15, 0.2) is 0 Å². The Labute approximate surface area is 52.9 Å². The molecule has 5 heteroatoms. The van der Waals surface area contributed by atoms with Crippen molar-refractivity contribution in [3.8, 4) is 0 Å². The average Bonchev–Trinajstić information content (AvgIpc) is 1.63. The first-order valence-electron chi connectivity index (χ1n) is 2.48. The molecule has 0 heterocycles. The number of hydrogen-bond donors (Lipinski definition) is 2. The van der Waals surface area contributed by atoms with Crippen LogP contribution in [0.4, 0.5) is 0 Å². The van der Waals surface area contributed by atoms with Crippen molar-refractivity contribution in [2.45, 2.75) is 12.2 Å². The van der Waals surface area contributed by atoms with Crippen molar-refractivity contribution >= 4 is 19.8 Å². The van der Waals surface area contributed by atoms with Gasteiger partial charge in [0.2, 0.25) is 0 Å². The maximum Gasteiger partial charge on any atom is 0.303 e. The highest BCUT2D eigenvalue weighted by atomic mass is 16.4. The molecule has 0 aliphatic heterocycles. The molecule has 0 aliphatic carbocycles. The summed E-state index contributed by atoms with van der Waals surface area (Å²) in [6, 6.07) is 0. The molecular formula is C4H7BO4. The second-order valence-corrected chi connectivity index (χ2v) is 1.84. The number of hydrogen-bond acceptors (Lipinski definition) is 2. The summed E-state index contributed by atoms with van der Waals surface area (Å²) in [5, 5.41) is 16.2. The van der Waals surface area contributed by atoms with E-state index in [9.17, 15) is 9.59 Å². The minimum absolute atomic E-state index is 0.310. The standard InChI is InChI=1S/C4H7BO4/c5-2(4(8)9)1-3(6)7/h2H,1,5H2,(H,6,7)(H,8,9). The summed E-state index contributed by atoms with van der Waals surface area (Å²) in [6.45, 7) is 0. The van der Waals surface area contributed by atoms with Gasteiger partial charge in [-0.2, -0.15) is 0 Å². The van der Waals surface area contributed by atoms with Gasteiger partial charge in [-0.1, -0.05) is 0 Å². The molecule has 4 nitrogen and oxygen atoms in total. The van der Waals surface area contributed by atoms with Crippen molar-refractivity contribution in [2.24, 2.45) is 0 Å². The van der Waals surface area contributed by atoms with Crippen LogP contribution in [0.5, 0.6) is 0 Å². The molecule has 1 unspecified atom stereocenters. The summed E-state index contributed by atoms with van der Waals surface area (Å²) in [6.07, 6.45) is -0.310. The third-order valence-corrected chi connectivity index (χ3v) is 0.902. The molecule has 0 saturated carbocycles. The predicted molar refractivity (Wildman–Crippen MR) is 32.2 cm³/mol. The highest BCUT2D eigenvalue weighted by Crippen LogP contribution is 2.03. The van der Waals surface area contributed by atoms with E-state index in [1.54, 1.807) is 0 Å². The molecule has 0 aromatic rings. The first kappa shape index (κ1) is 8.00. The lowest BCUT2D eigenvalue weighted by molar-refractivity contribution is -0.143. The zero-order valence-electron chi connectivity index (χ0n) is 5.00. The quantitative estimate of drug-likeness (QED) is 0.478. The van der Waals surface area contributed by atoms with Gasteiger partial charge >= 0.3 is 5.97 Å². The van der Waals surface area contributed by atoms with E-state index in [1.165, 1.54) is 7.85 Å². The maximum atomic E-state index is 9.97. The van der Waals surface area contributed by atoms with Gasteiger partial charge in [-0.05, 0) is 0 Å². The van der Waals surface area contributed by atoms with Crippen molar-refractivity contribution in [2.75, 3.05) is 0 Å². The monoisotopic (exact) mass is 130 g/mol. The lowest BCUT2D eigenvalue weighted by atomic mass is 9.85. The van der Waals surface area contributed by atoms with E-state index in [1.807, 2.05) is 0 Å². The summed E-state index contributed by atoms with van der Waals surface area (Å²) < 4.78 is 0. The molecule has 0 bridgehead atoms. The Morgan fingerprint density at radius 2 is 1.89 bits per heavy atom.